The van der Waals surface area contributed by atoms with E-state index in [4.69, 9.17) is 0 Å². The normalized spacial score (nSPS) is 12.8. The molecule has 1 aliphatic heterocycles. The highest BCUT2D eigenvalue weighted by Gasteiger charge is 2.05. The molecule has 0 aromatic heterocycles. The first-order valence-electron chi connectivity index (χ1n) is 11.1. The molecular formula is C30H45N. The standard InChI is InChI=1S/C17H24.C10H11N.C2H6.CH4/c1-7-13(2)16-9-8-15(12-14(16)3)10-11-17(4,5)6;1-8-6-9-4-2-3-5-10(9)11-7-8;1-2;/h7-12H,1-6H3;2-6,11H,7H2,1H3;1-2H3;1H4/b11-10+,13-7-;;;. The van der Waals surface area contributed by atoms with Crippen LogP contribution in [0.4, 0.5) is 5.69 Å². The summed E-state index contributed by atoms with van der Waals surface area (Å²) in [6.07, 6.45) is 8.85. The van der Waals surface area contributed by atoms with Crippen molar-refractivity contribution in [1.82, 2.24) is 0 Å². The minimum Gasteiger partial charge on any atom is -0.381 e. The third-order valence-electron chi connectivity index (χ3n) is 4.80. The van der Waals surface area contributed by atoms with Gasteiger partial charge in [-0.1, -0.05) is 108 Å². The van der Waals surface area contributed by atoms with Crippen LogP contribution in [0.25, 0.3) is 17.7 Å². The van der Waals surface area contributed by atoms with Crippen LogP contribution in [0.5, 0.6) is 0 Å². The molecule has 3 rings (SSSR count). The summed E-state index contributed by atoms with van der Waals surface area (Å²) >= 11 is 0. The first-order valence-corrected chi connectivity index (χ1v) is 11.1. The Labute approximate surface area is 193 Å². The number of nitrogens with one attached hydrogen (secondary N) is 1. The summed E-state index contributed by atoms with van der Waals surface area (Å²) in [6, 6.07) is 15.0. The predicted molar refractivity (Wildman–Crippen MR) is 146 cm³/mol. The topological polar surface area (TPSA) is 12.0 Å². The number of hydrogen-bond acceptors (Lipinski definition) is 1. The summed E-state index contributed by atoms with van der Waals surface area (Å²) in [5.41, 5.74) is 9.50. The molecule has 1 N–H and O–H groups in total. The number of fused-ring (bicyclic) bond motifs is 1. The Hall–Kier alpha value is -2.54. The lowest BCUT2D eigenvalue weighted by Crippen LogP contribution is -2.07. The number of allylic oxidation sites excluding steroid dienone is 3. The van der Waals surface area contributed by atoms with E-state index in [2.05, 4.69) is 121 Å². The summed E-state index contributed by atoms with van der Waals surface area (Å²) in [7, 11) is 0. The average molecular weight is 420 g/mol. The molecule has 1 heteroatoms. The molecule has 0 spiro atoms. The van der Waals surface area contributed by atoms with E-state index in [0.717, 1.165) is 6.54 Å². The van der Waals surface area contributed by atoms with Gasteiger partial charge in [-0.15, -0.1) is 0 Å². The lowest BCUT2D eigenvalue weighted by Gasteiger charge is -2.15. The number of aryl methyl sites for hydroxylation is 1. The first-order chi connectivity index (χ1) is 14.2. The Kier molecular flexibility index (Phi) is 12.6. The maximum absolute atomic E-state index is 3.34. The highest BCUT2D eigenvalue weighted by atomic mass is 14.9. The minimum absolute atomic E-state index is 0. The predicted octanol–water partition coefficient (Wildman–Crippen LogP) is 9.66. The summed E-state index contributed by atoms with van der Waals surface area (Å²) in [6.45, 7) is 20.2. The molecule has 0 saturated heterocycles. The Morgan fingerprint density at radius 2 is 1.65 bits per heavy atom. The Balaban J connectivity index is 0.000000555. The Morgan fingerprint density at radius 1 is 1.00 bits per heavy atom. The molecule has 0 amide bonds. The van der Waals surface area contributed by atoms with Crippen LogP contribution in [0, 0.1) is 12.3 Å². The molecular weight excluding hydrogens is 374 g/mol. The SMILES string of the molecule is C.C/C=C(/C)c1ccc(/C=C/C(C)(C)C)cc1C.CC.CC1=Cc2ccccc2NC1. The van der Waals surface area contributed by atoms with Crippen LogP contribution in [-0.4, -0.2) is 6.54 Å². The van der Waals surface area contributed by atoms with Gasteiger partial charge in [0.1, 0.15) is 0 Å². The van der Waals surface area contributed by atoms with Crippen LogP contribution in [-0.2, 0) is 0 Å². The van der Waals surface area contributed by atoms with Crippen molar-refractivity contribution in [3.8, 4) is 0 Å². The highest BCUT2D eigenvalue weighted by molar-refractivity contribution is 5.71. The van der Waals surface area contributed by atoms with E-state index in [1.807, 2.05) is 13.8 Å². The van der Waals surface area contributed by atoms with Gasteiger partial charge in [-0.25, -0.2) is 0 Å². The molecule has 0 unspecified atom stereocenters. The third-order valence-corrected chi connectivity index (χ3v) is 4.80. The van der Waals surface area contributed by atoms with Crippen LogP contribution < -0.4 is 5.32 Å². The number of hydrogen-bond donors (Lipinski definition) is 1. The van der Waals surface area contributed by atoms with Crippen molar-refractivity contribution in [3.63, 3.8) is 0 Å². The molecule has 2 aromatic carbocycles. The largest absolute Gasteiger partial charge is 0.381 e. The number of rotatable bonds is 2. The number of anilines is 1. The zero-order valence-corrected chi connectivity index (χ0v) is 20.6. The molecule has 0 bridgehead atoms. The monoisotopic (exact) mass is 419 g/mol. The van der Waals surface area contributed by atoms with E-state index < -0.39 is 0 Å². The Morgan fingerprint density at radius 3 is 2.23 bits per heavy atom. The molecule has 0 aliphatic carbocycles. The second-order valence-corrected chi connectivity index (χ2v) is 8.68. The molecule has 0 saturated carbocycles. The zero-order chi connectivity index (χ0) is 22.7. The van der Waals surface area contributed by atoms with Gasteiger partial charge in [0.2, 0.25) is 0 Å². The van der Waals surface area contributed by atoms with Crippen molar-refractivity contribution in [2.24, 2.45) is 5.41 Å². The summed E-state index contributed by atoms with van der Waals surface area (Å²) in [5, 5.41) is 3.34. The van der Waals surface area contributed by atoms with E-state index >= 15 is 0 Å². The second kappa shape index (κ2) is 13.7. The minimum atomic E-state index is 0. The van der Waals surface area contributed by atoms with E-state index in [-0.39, 0.29) is 12.8 Å². The van der Waals surface area contributed by atoms with Gasteiger partial charge >= 0.3 is 0 Å². The maximum Gasteiger partial charge on any atom is 0.0416 e. The maximum atomic E-state index is 3.34. The quantitative estimate of drug-likeness (QED) is 0.511. The van der Waals surface area contributed by atoms with Crippen molar-refractivity contribution in [2.45, 2.75) is 69.7 Å². The fourth-order valence-electron chi connectivity index (χ4n) is 3.07. The highest BCUT2D eigenvalue weighted by Crippen LogP contribution is 2.23. The molecule has 1 aliphatic rings. The summed E-state index contributed by atoms with van der Waals surface area (Å²) in [4.78, 5) is 0. The summed E-state index contributed by atoms with van der Waals surface area (Å²) in [5.74, 6) is 0. The van der Waals surface area contributed by atoms with Gasteiger partial charge in [-0.2, -0.15) is 0 Å². The van der Waals surface area contributed by atoms with Gasteiger partial charge in [0.25, 0.3) is 0 Å². The Bertz CT molecular complexity index is 889. The van der Waals surface area contributed by atoms with Gasteiger partial charge in [-0.05, 0) is 67.0 Å². The zero-order valence-electron chi connectivity index (χ0n) is 20.6. The van der Waals surface area contributed by atoms with Crippen molar-refractivity contribution >= 4 is 23.4 Å². The van der Waals surface area contributed by atoms with Crippen LogP contribution >= 0.6 is 0 Å². The van der Waals surface area contributed by atoms with E-state index in [9.17, 15) is 0 Å². The van der Waals surface area contributed by atoms with Crippen LogP contribution in [0.15, 0.2) is 60.2 Å². The van der Waals surface area contributed by atoms with Gasteiger partial charge in [0.05, 0.1) is 0 Å². The van der Waals surface area contributed by atoms with Crippen LogP contribution in [0.2, 0.25) is 0 Å². The van der Waals surface area contributed by atoms with Gasteiger partial charge in [0.15, 0.2) is 0 Å². The van der Waals surface area contributed by atoms with E-state index in [1.54, 1.807) is 0 Å². The van der Waals surface area contributed by atoms with Gasteiger partial charge < -0.3 is 5.32 Å². The van der Waals surface area contributed by atoms with Crippen molar-refractivity contribution in [2.75, 3.05) is 11.9 Å². The lowest BCUT2D eigenvalue weighted by molar-refractivity contribution is 0.547. The second-order valence-electron chi connectivity index (χ2n) is 8.68. The number of benzene rings is 2. The fraction of sp³-hybridized carbons (Fsp3) is 0.400. The molecule has 0 radical (unpaired) electrons. The van der Waals surface area contributed by atoms with Crippen molar-refractivity contribution < 1.29 is 0 Å². The third kappa shape index (κ3) is 9.87. The van der Waals surface area contributed by atoms with Crippen LogP contribution in [0.3, 0.4) is 0 Å². The molecule has 0 fully saturated rings. The van der Waals surface area contributed by atoms with E-state index in [0.29, 0.717) is 0 Å². The molecule has 1 nitrogen and oxygen atoms in total. The average Bonchev–Trinajstić information content (AvgIpc) is 2.73. The molecule has 31 heavy (non-hydrogen) atoms. The molecule has 0 atom stereocenters. The van der Waals surface area contributed by atoms with Gasteiger partial charge in [0, 0.05) is 12.2 Å². The fourth-order valence-corrected chi connectivity index (χ4v) is 3.07. The van der Waals surface area contributed by atoms with E-state index in [1.165, 1.54) is 39.1 Å². The smallest absolute Gasteiger partial charge is 0.0416 e. The lowest BCUT2D eigenvalue weighted by atomic mass is 9.94. The molecule has 2 aromatic rings. The van der Waals surface area contributed by atoms with Gasteiger partial charge in [-0.3, -0.25) is 0 Å². The number of para-hydroxylation sites is 1. The summed E-state index contributed by atoms with van der Waals surface area (Å²) < 4.78 is 0. The van der Waals surface area contributed by atoms with Crippen LogP contribution in [0.1, 0.15) is 85.1 Å². The molecule has 1 heterocycles. The van der Waals surface area contributed by atoms with Crippen molar-refractivity contribution in [3.05, 3.63) is 82.4 Å². The van der Waals surface area contributed by atoms with Crippen molar-refractivity contribution in [1.29, 1.82) is 0 Å². The first kappa shape index (κ1) is 28.5. The molecule has 170 valence electrons.